The first-order chi connectivity index (χ1) is 14.4. The maximum absolute atomic E-state index is 2.37. The van der Waals surface area contributed by atoms with Crippen LogP contribution in [0, 0.1) is 0 Å². The molecular formula is C28H46N2+2. The summed E-state index contributed by atoms with van der Waals surface area (Å²) in [6.45, 7) is 4.84. The molecule has 2 rings (SSSR count). The number of rotatable bonds is 15. The van der Waals surface area contributed by atoms with Crippen LogP contribution in [0.5, 0.6) is 0 Å². The van der Waals surface area contributed by atoms with Gasteiger partial charge in [0, 0.05) is 11.1 Å². The summed E-state index contributed by atoms with van der Waals surface area (Å²) in [4.78, 5) is 0. The van der Waals surface area contributed by atoms with Crippen molar-refractivity contribution in [1.29, 1.82) is 0 Å². The lowest BCUT2D eigenvalue weighted by Gasteiger charge is -2.30. The van der Waals surface area contributed by atoms with Crippen LogP contribution in [0.3, 0.4) is 0 Å². The van der Waals surface area contributed by atoms with Crippen LogP contribution < -0.4 is 0 Å². The molecule has 0 fully saturated rings. The highest BCUT2D eigenvalue weighted by molar-refractivity contribution is 5.14. The van der Waals surface area contributed by atoms with E-state index < -0.39 is 0 Å². The maximum atomic E-state index is 2.37. The van der Waals surface area contributed by atoms with Crippen LogP contribution in [0.2, 0.25) is 0 Å². The molecule has 0 amide bonds. The zero-order chi connectivity index (χ0) is 21.7. The average Bonchev–Trinajstić information content (AvgIpc) is 2.70. The van der Waals surface area contributed by atoms with Gasteiger partial charge in [0.25, 0.3) is 0 Å². The molecular weight excluding hydrogens is 364 g/mol. The fourth-order valence-corrected chi connectivity index (χ4v) is 4.45. The van der Waals surface area contributed by atoms with Crippen molar-refractivity contribution in [2.45, 2.75) is 64.5 Å². The van der Waals surface area contributed by atoms with Crippen LogP contribution in [0.25, 0.3) is 0 Å². The SMILES string of the molecule is C[N+](C)(CCCCCCCCCC[N+](C)(C)Cc1ccccc1)Cc1ccccc1. The molecule has 2 aromatic carbocycles. The first-order valence-corrected chi connectivity index (χ1v) is 12.1. The van der Waals surface area contributed by atoms with Gasteiger partial charge in [-0.15, -0.1) is 0 Å². The van der Waals surface area contributed by atoms with Crippen LogP contribution in [0.15, 0.2) is 60.7 Å². The van der Waals surface area contributed by atoms with Gasteiger partial charge in [0.05, 0.1) is 41.3 Å². The fourth-order valence-electron chi connectivity index (χ4n) is 4.45. The van der Waals surface area contributed by atoms with E-state index in [0.29, 0.717) is 0 Å². The number of unbranched alkanes of at least 4 members (excludes halogenated alkanes) is 7. The quantitative estimate of drug-likeness (QED) is 0.227. The molecule has 0 aliphatic heterocycles. The Balaban J connectivity index is 1.45. The molecule has 0 aromatic heterocycles. The molecule has 30 heavy (non-hydrogen) atoms. The van der Waals surface area contributed by atoms with E-state index in [9.17, 15) is 0 Å². The third kappa shape index (κ3) is 10.9. The third-order valence-corrected chi connectivity index (χ3v) is 6.18. The highest BCUT2D eigenvalue weighted by atomic mass is 15.3. The zero-order valence-electron chi connectivity index (χ0n) is 20.2. The summed E-state index contributed by atoms with van der Waals surface area (Å²) >= 11 is 0. The molecule has 0 heterocycles. The first kappa shape index (κ1) is 24.6. The van der Waals surface area contributed by atoms with Crippen molar-refractivity contribution in [1.82, 2.24) is 0 Å². The van der Waals surface area contributed by atoms with E-state index in [1.807, 2.05) is 0 Å². The number of hydrogen-bond donors (Lipinski definition) is 0. The zero-order valence-corrected chi connectivity index (χ0v) is 20.2. The molecule has 2 aromatic rings. The minimum absolute atomic E-state index is 1.10. The van der Waals surface area contributed by atoms with E-state index in [0.717, 1.165) is 22.1 Å². The second-order valence-corrected chi connectivity index (χ2v) is 10.4. The average molecular weight is 411 g/mol. The van der Waals surface area contributed by atoms with E-state index in [4.69, 9.17) is 0 Å². The van der Waals surface area contributed by atoms with Gasteiger partial charge in [0.15, 0.2) is 0 Å². The topological polar surface area (TPSA) is 0 Å². The van der Waals surface area contributed by atoms with Crippen molar-refractivity contribution in [3.8, 4) is 0 Å². The molecule has 0 saturated heterocycles. The van der Waals surface area contributed by atoms with E-state index in [-0.39, 0.29) is 0 Å². The lowest BCUT2D eigenvalue weighted by atomic mass is 10.1. The fraction of sp³-hybridized carbons (Fsp3) is 0.571. The van der Waals surface area contributed by atoms with Crippen molar-refractivity contribution < 1.29 is 8.97 Å². The molecule has 0 atom stereocenters. The number of quaternary nitrogens is 2. The van der Waals surface area contributed by atoms with E-state index in [1.165, 1.54) is 75.6 Å². The van der Waals surface area contributed by atoms with Crippen LogP contribution >= 0.6 is 0 Å². The van der Waals surface area contributed by atoms with Gasteiger partial charge in [-0.2, -0.15) is 0 Å². The second kappa shape index (κ2) is 12.9. The Hall–Kier alpha value is -1.64. The minimum Gasteiger partial charge on any atom is -0.325 e. The smallest absolute Gasteiger partial charge is 0.104 e. The molecule has 2 nitrogen and oxygen atoms in total. The van der Waals surface area contributed by atoms with Crippen molar-refractivity contribution in [3.63, 3.8) is 0 Å². The summed E-state index contributed by atoms with van der Waals surface area (Å²) in [5.41, 5.74) is 2.90. The van der Waals surface area contributed by atoms with Crippen molar-refractivity contribution in [3.05, 3.63) is 71.8 Å². The lowest BCUT2D eigenvalue weighted by molar-refractivity contribution is -0.903. The van der Waals surface area contributed by atoms with Gasteiger partial charge in [-0.05, 0) is 25.7 Å². The highest BCUT2D eigenvalue weighted by Gasteiger charge is 2.16. The van der Waals surface area contributed by atoms with Crippen molar-refractivity contribution >= 4 is 0 Å². The molecule has 166 valence electrons. The predicted octanol–water partition coefficient (Wildman–Crippen LogP) is 6.66. The van der Waals surface area contributed by atoms with Gasteiger partial charge < -0.3 is 8.97 Å². The van der Waals surface area contributed by atoms with Gasteiger partial charge in [-0.1, -0.05) is 86.3 Å². The first-order valence-electron chi connectivity index (χ1n) is 12.1. The Labute approximate surface area is 186 Å². The summed E-state index contributed by atoms with van der Waals surface area (Å²) in [5, 5.41) is 0. The Morgan fingerprint density at radius 3 is 1.07 bits per heavy atom. The molecule has 0 N–H and O–H groups in total. The molecule has 0 radical (unpaired) electrons. The molecule has 0 aliphatic carbocycles. The number of hydrogen-bond acceptors (Lipinski definition) is 0. The molecule has 0 aliphatic rings. The monoisotopic (exact) mass is 410 g/mol. The largest absolute Gasteiger partial charge is 0.325 e. The Morgan fingerprint density at radius 1 is 0.433 bits per heavy atom. The van der Waals surface area contributed by atoms with Gasteiger partial charge in [-0.25, -0.2) is 0 Å². The van der Waals surface area contributed by atoms with Gasteiger partial charge in [0.1, 0.15) is 13.1 Å². The third-order valence-electron chi connectivity index (χ3n) is 6.18. The van der Waals surface area contributed by atoms with Crippen molar-refractivity contribution in [2.75, 3.05) is 41.3 Å². The van der Waals surface area contributed by atoms with E-state index in [1.54, 1.807) is 0 Å². The predicted molar refractivity (Wildman–Crippen MR) is 131 cm³/mol. The normalized spacial score (nSPS) is 12.3. The molecule has 0 bridgehead atoms. The standard InChI is InChI=1S/C28H46N2/c1-29(2,25-27-19-13-11-14-20-27)23-17-9-7-5-6-8-10-18-24-30(3,4)26-28-21-15-12-16-22-28/h11-16,19-22H,5-10,17-18,23-26H2,1-4H3/q+2. The summed E-state index contributed by atoms with van der Waals surface area (Å²) < 4.78 is 2.20. The van der Waals surface area contributed by atoms with E-state index >= 15 is 0 Å². The van der Waals surface area contributed by atoms with Crippen molar-refractivity contribution in [2.24, 2.45) is 0 Å². The molecule has 0 unspecified atom stereocenters. The summed E-state index contributed by atoms with van der Waals surface area (Å²) in [6, 6.07) is 21.8. The van der Waals surface area contributed by atoms with Crippen LogP contribution in [-0.4, -0.2) is 50.2 Å². The van der Waals surface area contributed by atoms with Gasteiger partial charge >= 0.3 is 0 Å². The van der Waals surface area contributed by atoms with Crippen LogP contribution in [0.4, 0.5) is 0 Å². The van der Waals surface area contributed by atoms with Crippen LogP contribution in [0.1, 0.15) is 62.5 Å². The molecule has 0 spiro atoms. The maximum Gasteiger partial charge on any atom is 0.104 e. The number of nitrogens with zero attached hydrogens (tertiary/aromatic N) is 2. The highest BCUT2D eigenvalue weighted by Crippen LogP contribution is 2.15. The van der Waals surface area contributed by atoms with Gasteiger partial charge in [0.2, 0.25) is 0 Å². The summed E-state index contributed by atoms with van der Waals surface area (Å²) in [7, 11) is 9.46. The van der Waals surface area contributed by atoms with Gasteiger partial charge in [-0.3, -0.25) is 0 Å². The van der Waals surface area contributed by atoms with E-state index in [2.05, 4.69) is 88.9 Å². The second-order valence-electron chi connectivity index (χ2n) is 10.4. The molecule has 0 saturated carbocycles. The Kier molecular flexibility index (Phi) is 10.6. The lowest BCUT2D eigenvalue weighted by Crippen LogP contribution is -2.39. The van der Waals surface area contributed by atoms with Crippen LogP contribution in [-0.2, 0) is 13.1 Å². The Bertz CT molecular complexity index is 615. The summed E-state index contributed by atoms with van der Waals surface area (Å²) in [6.07, 6.45) is 11.1. The Morgan fingerprint density at radius 2 is 0.733 bits per heavy atom. The number of benzene rings is 2. The molecule has 2 heteroatoms. The summed E-state index contributed by atoms with van der Waals surface area (Å²) in [5.74, 6) is 0. The minimum atomic E-state index is 1.10.